The van der Waals surface area contributed by atoms with Gasteiger partial charge in [0, 0.05) is 13.1 Å². The second kappa shape index (κ2) is 14.9. The van der Waals surface area contributed by atoms with E-state index < -0.39 is 35.7 Å². The molecule has 2 aromatic rings. The van der Waals surface area contributed by atoms with Gasteiger partial charge >= 0.3 is 0 Å². The van der Waals surface area contributed by atoms with Crippen LogP contribution in [0.1, 0.15) is 92.5 Å². The monoisotopic (exact) mass is 764 g/mol. The molecule has 6 saturated heterocycles. The van der Waals surface area contributed by atoms with E-state index in [0.29, 0.717) is 26.4 Å². The third kappa shape index (κ3) is 8.69. The normalized spacial score (nSPS) is 36.9. The first-order chi connectivity index (χ1) is 25.6. The van der Waals surface area contributed by atoms with Gasteiger partial charge in [-0.05, 0) is 68.2 Å². The quantitative estimate of drug-likeness (QED) is 0.242. The van der Waals surface area contributed by atoms with E-state index in [1.165, 1.54) is 0 Å². The van der Waals surface area contributed by atoms with Crippen molar-refractivity contribution in [1.29, 1.82) is 0 Å². The van der Waals surface area contributed by atoms with Gasteiger partial charge in [-0.15, -0.1) is 10.2 Å². The van der Waals surface area contributed by atoms with Crippen molar-refractivity contribution in [2.24, 2.45) is 0 Å². The van der Waals surface area contributed by atoms with E-state index in [1.54, 1.807) is 0 Å². The zero-order valence-electron chi connectivity index (χ0n) is 32.6. The summed E-state index contributed by atoms with van der Waals surface area (Å²) < 4.78 is 77.1. The van der Waals surface area contributed by atoms with Crippen LogP contribution in [0.25, 0.3) is 0 Å². The Labute approximate surface area is 315 Å². The van der Waals surface area contributed by atoms with E-state index in [0.717, 1.165) is 50.2 Å². The molecular formula is C36H56N6O12. The van der Waals surface area contributed by atoms with Crippen LogP contribution >= 0.6 is 0 Å². The van der Waals surface area contributed by atoms with Crippen molar-refractivity contribution in [3.8, 4) is 0 Å². The molecule has 0 aliphatic carbocycles. The molecule has 0 unspecified atom stereocenters. The van der Waals surface area contributed by atoms with Crippen molar-refractivity contribution in [2.45, 2.75) is 192 Å². The maximum Gasteiger partial charge on any atom is 0.190 e. The summed E-state index contributed by atoms with van der Waals surface area (Å²) in [5.74, 6) is -3.02. The van der Waals surface area contributed by atoms with Crippen LogP contribution in [0.2, 0.25) is 0 Å². The number of hydrogen-bond acceptors (Lipinski definition) is 16. The Morgan fingerprint density at radius 2 is 0.870 bits per heavy atom. The first-order valence-corrected chi connectivity index (χ1v) is 19.3. The molecule has 18 heteroatoms. The molecule has 0 amide bonds. The van der Waals surface area contributed by atoms with Crippen molar-refractivity contribution in [1.82, 2.24) is 30.0 Å². The summed E-state index contributed by atoms with van der Waals surface area (Å²) in [6.45, 7) is 17.8. The first-order valence-electron chi connectivity index (χ1n) is 19.3. The first kappa shape index (κ1) is 38.7. The molecule has 2 aromatic heterocycles. The summed E-state index contributed by atoms with van der Waals surface area (Å²) in [4.78, 5) is 0. The fraction of sp³-hybridized carbons (Fsp3) is 0.889. The molecule has 8 heterocycles. The molecule has 0 spiro atoms. The zero-order chi connectivity index (χ0) is 37.9. The van der Waals surface area contributed by atoms with Gasteiger partial charge in [0.05, 0.1) is 38.8 Å². The summed E-state index contributed by atoms with van der Waals surface area (Å²) in [7, 11) is 0. The predicted molar refractivity (Wildman–Crippen MR) is 183 cm³/mol. The fourth-order valence-electron chi connectivity index (χ4n) is 8.14. The Kier molecular flexibility index (Phi) is 10.7. The predicted octanol–water partition coefficient (Wildman–Crippen LogP) is 2.96. The Morgan fingerprint density at radius 1 is 0.500 bits per heavy atom. The van der Waals surface area contributed by atoms with E-state index in [-0.39, 0.29) is 48.8 Å². The van der Waals surface area contributed by atoms with Gasteiger partial charge < -0.3 is 56.8 Å². The lowest BCUT2D eigenvalue weighted by molar-refractivity contribution is -0.243. The fourth-order valence-corrected chi connectivity index (χ4v) is 8.14. The van der Waals surface area contributed by atoms with Gasteiger partial charge in [-0.1, -0.05) is 23.3 Å². The lowest BCUT2D eigenvalue weighted by atomic mass is 9.99. The van der Waals surface area contributed by atoms with Crippen molar-refractivity contribution >= 4 is 0 Å². The number of aryl methyl sites for hydroxylation is 2. The molecule has 0 aromatic carbocycles. The molecule has 0 saturated carbocycles. The van der Waals surface area contributed by atoms with Crippen LogP contribution in [0.5, 0.6) is 0 Å². The highest BCUT2D eigenvalue weighted by atomic mass is 16.9. The van der Waals surface area contributed by atoms with Crippen LogP contribution in [0, 0.1) is 0 Å². The van der Waals surface area contributed by atoms with Gasteiger partial charge in [-0.2, -0.15) is 0 Å². The van der Waals surface area contributed by atoms with E-state index in [4.69, 9.17) is 56.8 Å². The lowest BCUT2D eigenvalue weighted by Gasteiger charge is -2.37. The maximum atomic E-state index is 6.23. The average molecular weight is 765 g/mol. The summed E-state index contributed by atoms with van der Waals surface area (Å²) in [6, 6.07) is 0. The van der Waals surface area contributed by atoms with E-state index in [2.05, 4.69) is 20.6 Å². The number of nitrogens with zero attached hydrogens (tertiary/aromatic N) is 6. The summed E-state index contributed by atoms with van der Waals surface area (Å²) in [5.41, 5.74) is 1.51. The van der Waals surface area contributed by atoms with Gasteiger partial charge in [-0.3, -0.25) is 9.36 Å². The van der Waals surface area contributed by atoms with Crippen LogP contribution in [0.3, 0.4) is 0 Å². The van der Waals surface area contributed by atoms with Crippen LogP contribution in [0.15, 0.2) is 12.4 Å². The van der Waals surface area contributed by atoms with Gasteiger partial charge in [0.25, 0.3) is 0 Å². The number of aromatic nitrogens is 6. The zero-order valence-corrected chi connectivity index (χ0v) is 32.6. The Morgan fingerprint density at radius 3 is 1.30 bits per heavy atom. The van der Waals surface area contributed by atoms with Gasteiger partial charge in [0.1, 0.15) is 60.2 Å². The van der Waals surface area contributed by atoms with E-state index in [9.17, 15) is 0 Å². The molecule has 10 atom stereocenters. The van der Waals surface area contributed by atoms with E-state index in [1.807, 2.05) is 77.1 Å². The average Bonchev–Trinajstić information content (AvgIpc) is 3.92. The van der Waals surface area contributed by atoms with Gasteiger partial charge in [-0.25, -0.2) is 0 Å². The Balaban J connectivity index is 0.706. The summed E-state index contributed by atoms with van der Waals surface area (Å²) in [5, 5.41) is 17.2. The smallest absolute Gasteiger partial charge is 0.190 e. The molecule has 0 radical (unpaired) electrons. The second-order valence-electron chi connectivity index (χ2n) is 16.8. The highest BCUT2D eigenvalue weighted by Gasteiger charge is 2.62. The van der Waals surface area contributed by atoms with E-state index >= 15 is 0 Å². The molecule has 0 bridgehead atoms. The highest BCUT2D eigenvalue weighted by molar-refractivity contribution is 5.02. The largest absolute Gasteiger partial charge is 0.372 e. The van der Waals surface area contributed by atoms with Crippen LogP contribution < -0.4 is 0 Å². The van der Waals surface area contributed by atoms with Crippen LogP contribution in [-0.4, -0.2) is 128 Å². The van der Waals surface area contributed by atoms with Crippen molar-refractivity contribution < 1.29 is 56.8 Å². The number of ether oxygens (including phenoxy) is 12. The standard InChI is InChI=1S/C36H56N6O12/c1-33(2)47-25-23(45-31-29(27(25)49-33)51-35(5,6)53-31)19-43-17-21-15-41(39-37-21)13-11-9-10-12-14-42-16-22(38-40-42)18-44-20-24-26-28(50-34(3,4)48-26)30-32(46-24)54-36(7,8)52-30/h15-16,23-32H,9-14,17-20H2,1-8H3/t23-,24-,25+,26+,27+,28+,29-,30-,31-,32-/m1/s1. The molecule has 6 aliphatic heterocycles. The van der Waals surface area contributed by atoms with Gasteiger partial charge in [0.2, 0.25) is 0 Å². The second-order valence-corrected chi connectivity index (χ2v) is 16.8. The molecule has 302 valence electrons. The minimum atomic E-state index is -0.760. The minimum absolute atomic E-state index is 0.298. The molecule has 18 nitrogen and oxygen atoms in total. The topological polar surface area (TPSA) is 172 Å². The number of unbranched alkanes of at least 4 members (excludes halogenated alkanes) is 3. The van der Waals surface area contributed by atoms with Crippen molar-refractivity contribution in [2.75, 3.05) is 13.2 Å². The minimum Gasteiger partial charge on any atom is -0.372 e. The molecule has 54 heavy (non-hydrogen) atoms. The third-order valence-corrected chi connectivity index (χ3v) is 10.3. The van der Waals surface area contributed by atoms with Crippen molar-refractivity contribution in [3.05, 3.63) is 23.8 Å². The molecular weight excluding hydrogens is 708 g/mol. The molecule has 8 rings (SSSR count). The van der Waals surface area contributed by atoms with Crippen molar-refractivity contribution in [3.63, 3.8) is 0 Å². The SMILES string of the molecule is CC1(C)O[C@H]2[C@@H](O1)[C@@H](COCc1cn(CCCCCCn3cc(COC[C@H]4O[C@@H]5OC(C)(C)O[C@@H]5[C@H]5OC(C)(C)O[C@H]54)nn3)nn1)O[C@@H]1OC(C)(C)O[C@@H]12. The van der Waals surface area contributed by atoms with Crippen LogP contribution in [0.4, 0.5) is 0 Å². The van der Waals surface area contributed by atoms with Crippen LogP contribution in [-0.2, 0) is 83.1 Å². The lowest BCUT2D eigenvalue weighted by Crippen LogP contribution is -2.56. The van der Waals surface area contributed by atoms with Gasteiger partial charge in [0.15, 0.2) is 35.7 Å². The summed E-state index contributed by atoms with van der Waals surface area (Å²) >= 11 is 0. The number of rotatable bonds is 15. The molecule has 0 N–H and O–H groups in total. The highest BCUT2D eigenvalue weighted by Crippen LogP contribution is 2.45. The third-order valence-electron chi connectivity index (χ3n) is 10.3. The summed E-state index contributed by atoms with van der Waals surface area (Å²) in [6.07, 6.45) is 4.10. The maximum absolute atomic E-state index is 6.23. The Bertz CT molecular complexity index is 1470. The number of hydrogen-bond donors (Lipinski definition) is 0. The molecule has 6 aliphatic rings. The Hall–Kier alpha value is -2.20. The molecule has 6 fully saturated rings. The number of fused-ring (bicyclic) bond motifs is 6.